The van der Waals surface area contributed by atoms with Crippen molar-refractivity contribution in [2.45, 2.75) is 238 Å². The molecule has 0 aliphatic rings. The van der Waals surface area contributed by atoms with E-state index in [2.05, 4.69) is 38.2 Å². The number of esters is 2. The number of rotatable bonds is 40. The Morgan fingerprint density at radius 2 is 0.740 bits per heavy atom. The van der Waals surface area contributed by atoms with Gasteiger partial charge >= 0.3 is 11.9 Å². The molecule has 0 heterocycles. The van der Waals surface area contributed by atoms with Crippen molar-refractivity contribution in [2.24, 2.45) is 0 Å². The minimum absolute atomic E-state index is 0.0644. The van der Waals surface area contributed by atoms with Gasteiger partial charge in [-0.3, -0.25) is 9.59 Å². The number of carbonyl (C=O) groups excluding carboxylic acids is 2. The fourth-order valence-electron chi connectivity index (χ4n) is 6.37. The van der Waals surface area contributed by atoms with Crippen LogP contribution in [0.2, 0.25) is 0 Å². The summed E-state index contributed by atoms with van der Waals surface area (Å²) in [6.45, 7) is 4.13. The Labute approximate surface area is 311 Å². The van der Waals surface area contributed by atoms with Crippen molar-refractivity contribution in [1.29, 1.82) is 0 Å². The molecule has 5 heteroatoms. The molecule has 5 nitrogen and oxygen atoms in total. The molecule has 0 radical (unpaired) electrons. The van der Waals surface area contributed by atoms with Crippen LogP contribution in [0, 0.1) is 0 Å². The highest BCUT2D eigenvalue weighted by molar-refractivity contribution is 5.70. The number of hydrogen-bond acceptors (Lipinski definition) is 5. The summed E-state index contributed by atoms with van der Waals surface area (Å²) < 4.78 is 10.6. The molecule has 294 valence electrons. The largest absolute Gasteiger partial charge is 0.462 e. The SMILES string of the molecule is CCCCCC/C=C/CCCCCCCCCC(=O)O[C@@H](CO)COC(=O)CCCCCCCCCCCCC/C=C/CCCCCCCC. The number of hydrogen-bond donors (Lipinski definition) is 1. The number of carbonyl (C=O) groups is 2. The molecule has 0 aromatic rings. The van der Waals surface area contributed by atoms with Crippen molar-refractivity contribution in [1.82, 2.24) is 0 Å². The second-order valence-corrected chi connectivity index (χ2v) is 14.8. The molecule has 0 amide bonds. The zero-order valence-corrected chi connectivity index (χ0v) is 33.4. The smallest absolute Gasteiger partial charge is 0.306 e. The van der Waals surface area contributed by atoms with Gasteiger partial charge in [-0.25, -0.2) is 0 Å². The van der Waals surface area contributed by atoms with Crippen LogP contribution in [0.5, 0.6) is 0 Å². The summed E-state index contributed by atoms with van der Waals surface area (Å²) in [5.74, 6) is -0.588. The third-order valence-corrected chi connectivity index (χ3v) is 9.72. The quantitative estimate of drug-likeness (QED) is 0.0390. The Morgan fingerprint density at radius 3 is 1.10 bits per heavy atom. The fourth-order valence-corrected chi connectivity index (χ4v) is 6.37. The van der Waals surface area contributed by atoms with Crippen molar-refractivity contribution < 1.29 is 24.2 Å². The van der Waals surface area contributed by atoms with Gasteiger partial charge in [-0.15, -0.1) is 0 Å². The van der Waals surface area contributed by atoms with Crippen molar-refractivity contribution in [2.75, 3.05) is 13.2 Å². The molecule has 1 N–H and O–H groups in total. The Hall–Kier alpha value is -1.62. The summed E-state index contributed by atoms with van der Waals surface area (Å²) in [4.78, 5) is 24.3. The highest BCUT2D eigenvalue weighted by Crippen LogP contribution is 2.15. The zero-order chi connectivity index (χ0) is 36.4. The average Bonchev–Trinajstić information content (AvgIpc) is 3.12. The molecule has 0 aliphatic carbocycles. The molecule has 50 heavy (non-hydrogen) atoms. The molecule has 0 aliphatic heterocycles. The summed E-state index contributed by atoms with van der Waals surface area (Å²) in [7, 11) is 0. The molecule has 0 unspecified atom stereocenters. The van der Waals surface area contributed by atoms with Crippen molar-refractivity contribution >= 4 is 11.9 Å². The lowest BCUT2D eigenvalue weighted by Crippen LogP contribution is -2.28. The maximum absolute atomic E-state index is 12.2. The lowest BCUT2D eigenvalue weighted by Gasteiger charge is -2.15. The highest BCUT2D eigenvalue weighted by atomic mass is 16.6. The summed E-state index contributed by atoms with van der Waals surface area (Å²) in [6, 6.07) is 0. The van der Waals surface area contributed by atoms with E-state index in [0.29, 0.717) is 12.8 Å². The second-order valence-electron chi connectivity index (χ2n) is 14.8. The van der Waals surface area contributed by atoms with Crippen molar-refractivity contribution in [3.05, 3.63) is 24.3 Å². The van der Waals surface area contributed by atoms with Crippen LogP contribution in [0.15, 0.2) is 24.3 Å². The summed E-state index contributed by atoms with van der Waals surface area (Å²) in [5.41, 5.74) is 0. The topological polar surface area (TPSA) is 72.8 Å². The Morgan fingerprint density at radius 1 is 0.440 bits per heavy atom. The normalized spacial score (nSPS) is 12.3. The molecular weight excluding hydrogens is 620 g/mol. The van der Waals surface area contributed by atoms with E-state index >= 15 is 0 Å². The molecule has 0 saturated heterocycles. The fraction of sp³-hybridized carbons (Fsp3) is 0.867. The summed E-state index contributed by atoms with van der Waals surface area (Å²) in [6.07, 6.45) is 49.6. The molecule has 0 saturated carbocycles. The van der Waals surface area contributed by atoms with E-state index in [0.717, 1.165) is 38.5 Å². The minimum atomic E-state index is -0.770. The van der Waals surface area contributed by atoms with Crippen LogP contribution >= 0.6 is 0 Å². The molecule has 0 spiro atoms. The molecular formula is C45H84O5. The second kappa shape index (κ2) is 41.8. The van der Waals surface area contributed by atoms with Crippen LogP contribution in [-0.4, -0.2) is 36.4 Å². The first-order chi connectivity index (χ1) is 24.6. The Bertz CT molecular complexity index is 761. The maximum Gasteiger partial charge on any atom is 0.306 e. The van der Waals surface area contributed by atoms with Gasteiger partial charge in [0.2, 0.25) is 0 Å². The van der Waals surface area contributed by atoms with E-state index in [1.165, 1.54) is 167 Å². The van der Waals surface area contributed by atoms with Gasteiger partial charge < -0.3 is 14.6 Å². The Balaban J connectivity index is 3.50. The van der Waals surface area contributed by atoms with Crippen molar-refractivity contribution in [3.8, 4) is 0 Å². The van der Waals surface area contributed by atoms with Gasteiger partial charge in [0.1, 0.15) is 6.61 Å². The van der Waals surface area contributed by atoms with E-state index < -0.39 is 6.10 Å². The average molecular weight is 705 g/mol. The van der Waals surface area contributed by atoms with Gasteiger partial charge in [-0.05, 0) is 64.2 Å². The summed E-state index contributed by atoms with van der Waals surface area (Å²) in [5, 5.41) is 9.57. The lowest BCUT2D eigenvalue weighted by atomic mass is 10.0. The molecule has 0 aromatic heterocycles. The monoisotopic (exact) mass is 705 g/mol. The van der Waals surface area contributed by atoms with E-state index in [9.17, 15) is 14.7 Å². The lowest BCUT2D eigenvalue weighted by molar-refractivity contribution is -0.161. The predicted octanol–water partition coefficient (Wildman–Crippen LogP) is 13.8. The van der Waals surface area contributed by atoms with Crippen LogP contribution in [0.4, 0.5) is 0 Å². The Kier molecular flexibility index (Phi) is 40.4. The summed E-state index contributed by atoms with van der Waals surface area (Å²) >= 11 is 0. The maximum atomic E-state index is 12.2. The number of unbranched alkanes of at least 4 members (excludes halogenated alkanes) is 28. The van der Waals surface area contributed by atoms with E-state index in [-0.39, 0.29) is 25.2 Å². The zero-order valence-electron chi connectivity index (χ0n) is 33.4. The third kappa shape index (κ3) is 39.2. The van der Waals surface area contributed by atoms with Crippen LogP contribution < -0.4 is 0 Å². The standard InChI is InChI=1S/C45H84O5/c1-3-5-7-9-11-13-15-17-19-20-21-22-23-24-26-27-29-31-33-35-37-39-44(47)49-42-43(41-46)50-45(48)40-38-36-34-32-30-28-25-18-16-14-12-10-8-6-4-2/h14,16-17,19,43,46H,3-13,15,18,20-42H2,1-2H3/b16-14+,19-17+/t43-/m0/s1. The molecule has 0 aromatic carbocycles. The number of allylic oxidation sites excluding steroid dienone is 4. The van der Waals surface area contributed by atoms with Gasteiger partial charge in [-0.2, -0.15) is 0 Å². The molecule has 0 rings (SSSR count). The number of aliphatic hydroxyl groups excluding tert-OH is 1. The number of ether oxygens (including phenoxy) is 2. The van der Waals surface area contributed by atoms with Crippen LogP contribution in [-0.2, 0) is 19.1 Å². The van der Waals surface area contributed by atoms with E-state index in [1.54, 1.807) is 0 Å². The minimum Gasteiger partial charge on any atom is -0.462 e. The van der Waals surface area contributed by atoms with Gasteiger partial charge in [0.25, 0.3) is 0 Å². The van der Waals surface area contributed by atoms with Gasteiger partial charge in [0, 0.05) is 12.8 Å². The van der Waals surface area contributed by atoms with Crippen molar-refractivity contribution in [3.63, 3.8) is 0 Å². The molecule has 0 bridgehead atoms. The van der Waals surface area contributed by atoms with Crippen LogP contribution in [0.3, 0.4) is 0 Å². The number of aliphatic hydroxyl groups is 1. The first-order valence-corrected chi connectivity index (χ1v) is 21.9. The van der Waals surface area contributed by atoms with Crippen LogP contribution in [0.25, 0.3) is 0 Å². The van der Waals surface area contributed by atoms with Gasteiger partial charge in [-0.1, -0.05) is 179 Å². The molecule has 0 fully saturated rings. The molecule has 1 atom stereocenters. The first-order valence-electron chi connectivity index (χ1n) is 21.9. The van der Waals surface area contributed by atoms with E-state index in [4.69, 9.17) is 9.47 Å². The first kappa shape index (κ1) is 48.4. The van der Waals surface area contributed by atoms with Crippen LogP contribution in [0.1, 0.15) is 232 Å². The highest BCUT2D eigenvalue weighted by Gasteiger charge is 2.16. The van der Waals surface area contributed by atoms with Gasteiger partial charge in [0.15, 0.2) is 6.10 Å². The third-order valence-electron chi connectivity index (χ3n) is 9.72. The predicted molar refractivity (Wildman–Crippen MR) is 215 cm³/mol. The van der Waals surface area contributed by atoms with Gasteiger partial charge in [0.05, 0.1) is 6.61 Å². The van der Waals surface area contributed by atoms with E-state index in [1.807, 2.05) is 0 Å².